The minimum absolute atomic E-state index is 0.0348. The Morgan fingerprint density at radius 1 is 0.649 bits per heavy atom. The number of nitrogens with zero attached hydrogens (tertiary/aromatic N) is 3. The van der Waals surface area contributed by atoms with Crippen LogP contribution in [-0.4, -0.2) is 213 Å². The third-order valence-corrected chi connectivity index (χ3v) is 18.9. The fraction of sp³-hybridized carbons (Fsp3) is 0.615. The van der Waals surface area contributed by atoms with Crippen molar-refractivity contribution in [3.05, 3.63) is 59.2 Å². The second-order valence-electron chi connectivity index (χ2n) is 25.2. The van der Waals surface area contributed by atoms with Crippen molar-refractivity contribution in [3.8, 4) is 11.5 Å². The minimum Gasteiger partial charge on any atom is -0.508 e. The molecule has 0 aromatic heterocycles. The molecule has 32 heteroatoms. The van der Waals surface area contributed by atoms with Crippen LogP contribution in [0.5, 0.6) is 11.5 Å². The van der Waals surface area contributed by atoms with Gasteiger partial charge in [-0.25, -0.2) is 0 Å². The fourth-order valence-electron chi connectivity index (χ4n) is 11.6. The Kier molecular flexibility index (Phi) is 31.5. The molecule has 0 radical (unpaired) electrons. The van der Waals surface area contributed by atoms with Crippen LogP contribution in [0, 0.1) is 5.92 Å². The zero-order valence-corrected chi connectivity index (χ0v) is 57.0. The molecule has 4 heterocycles. The van der Waals surface area contributed by atoms with Crippen molar-refractivity contribution in [2.45, 2.75) is 202 Å². The number of carboxylic acids is 1. The van der Waals surface area contributed by atoms with E-state index in [0.717, 1.165) is 29.5 Å². The maximum atomic E-state index is 15.1. The normalized spacial score (nSPS) is 26.5. The molecule has 30 nitrogen and oxygen atoms in total. The molecule has 11 atom stereocenters. The van der Waals surface area contributed by atoms with E-state index >= 15 is 4.79 Å². The lowest BCUT2D eigenvalue weighted by Gasteiger charge is -2.32. The number of nitrogens with one attached hydrogen (secondary N) is 8. The van der Waals surface area contributed by atoms with Crippen LogP contribution in [-0.2, 0) is 80.3 Å². The molecule has 0 spiro atoms. The summed E-state index contributed by atoms with van der Waals surface area (Å²) in [4.78, 5) is 176. The van der Waals surface area contributed by atoms with Crippen molar-refractivity contribution in [2.75, 3.05) is 44.4 Å². The molecule has 0 aliphatic carbocycles. The van der Waals surface area contributed by atoms with Gasteiger partial charge in [-0.15, -0.1) is 0 Å². The van der Waals surface area contributed by atoms with Crippen LogP contribution >= 0.6 is 23.5 Å². The number of amides is 11. The zero-order valence-electron chi connectivity index (χ0n) is 55.4. The highest BCUT2D eigenvalue weighted by molar-refractivity contribution is 7.98. The number of primary amides is 1. The van der Waals surface area contributed by atoms with Gasteiger partial charge < -0.3 is 88.7 Å². The van der Waals surface area contributed by atoms with E-state index in [1.165, 1.54) is 66.5 Å². The number of benzene rings is 2. The van der Waals surface area contributed by atoms with Crippen LogP contribution in [0.3, 0.4) is 0 Å². The van der Waals surface area contributed by atoms with Gasteiger partial charge in [0, 0.05) is 48.9 Å². The van der Waals surface area contributed by atoms with Gasteiger partial charge in [0.1, 0.15) is 84.7 Å². The molecule has 0 unspecified atom stereocenters. The number of carbonyl (C=O) groups excluding carboxylic acids is 11. The van der Waals surface area contributed by atoms with E-state index in [9.17, 15) is 68.1 Å². The average molecular weight is 1390 g/mol. The number of aliphatic carboxylic acids is 1. The number of aliphatic hydroxyl groups excluding tert-OH is 1. The number of aromatic hydroxyl groups is 1. The number of hydrogen-bond acceptors (Lipinski definition) is 20. The molecule has 2 fully saturated rings. The van der Waals surface area contributed by atoms with Gasteiger partial charge in [-0.1, -0.05) is 37.2 Å². The first kappa shape index (κ1) is 77.8. The van der Waals surface area contributed by atoms with Crippen molar-refractivity contribution >= 4 is 101 Å². The number of rotatable bonds is 13. The molecule has 0 saturated carbocycles. The summed E-state index contributed by atoms with van der Waals surface area (Å²) in [6.07, 6.45) is 2.82. The first-order chi connectivity index (χ1) is 46.3. The van der Waals surface area contributed by atoms with E-state index in [1.54, 1.807) is 0 Å². The van der Waals surface area contributed by atoms with Crippen LogP contribution in [0.25, 0.3) is 0 Å². The summed E-state index contributed by atoms with van der Waals surface area (Å²) in [5, 5.41) is 55.9. The summed E-state index contributed by atoms with van der Waals surface area (Å²) >= 11 is 2.48. The Bertz CT molecular complexity index is 3110. The zero-order chi connectivity index (χ0) is 70.7. The van der Waals surface area contributed by atoms with E-state index in [4.69, 9.17) is 21.0 Å². The number of thioether (sulfide) groups is 2. The van der Waals surface area contributed by atoms with Crippen molar-refractivity contribution in [3.63, 3.8) is 0 Å². The Morgan fingerprint density at radius 3 is 1.85 bits per heavy atom. The Balaban J connectivity index is 1.39. The van der Waals surface area contributed by atoms with E-state index in [-0.39, 0.29) is 92.9 Å². The lowest BCUT2D eigenvalue weighted by Crippen LogP contribution is -2.61. The van der Waals surface area contributed by atoms with E-state index in [2.05, 4.69) is 47.7 Å². The molecule has 4 aliphatic rings. The quantitative estimate of drug-likeness (QED) is 0.116. The third-order valence-electron chi connectivity index (χ3n) is 16.7. The third kappa shape index (κ3) is 25.0. The van der Waals surface area contributed by atoms with Gasteiger partial charge >= 0.3 is 5.97 Å². The molecule has 11 amide bonds. The maximum Gasteiger partial charge on any atom is 0.303 e. The van der Waals surface area contributed by atoms with Crippen LogP contribution in [0.15, 0.2) is 47.6 Å². The molecule has 2 aromatic rings. The Hall–Kier alpha value is -8.23. The second kappa shape index (κ2) is 39.2. The van der Waals surface area contributed by atoms with Crippen LogP contribution < -0.4 is 58.7 Å². The highest BCUT2D eigenvalue weighted by Gasteiger charge is 2.43. The molecule has 4 bridgehead atoms. The molecule has 2 aromatic carbocycles. The summed E-state index contributed by atoms with van der Waals surface area (Å²) in [7, 11) is 0. The van der Waals surface area contributed by atoms with Gasteiger partial charge in [0.2, 0.25) is 59.1 Å². The molecular weight excluding hydrogens is 1300 g/mol. The number of phenols is 1. The van der Waals surface area contributed by atoms with Gasteiger partial charge in [0.05, 0.1) is 12.7 Å². The van der Waals surface area contributed by atoms with E-state index in [1.807, 2.05) is 32.0 Å². The molecule has 6 rings (SSSR count). The van der Waals surface area contributed by atoms with E-state index in [0.29, 0.717) is 62.1 Å². The molecule has 4 aliphatic heterocycles. The number of nitrogens with two attached hydrogens (primary N) is 2. The number of fused-ring (bicyclic) bond motifs is 7. The van der Waals surface area contributed by atoms with Crippen LogP contribution in [0.4, 0.5) is 0 Å². The Labute approximate surface area is 572 Å². The van der Waals surface area contributed by atoms with Crippen molar-refractivity contribution in [2.24, 2.45) is 22.5 Å². The molecule has 534 valence electrons. The van der Waals surface area contributed by atoms with Gasteiger partial charge in [0.15, 0.2) is 0 Å². The second-order valence-corrected chi connectivity index (χ2v) is 27.2. The predicted molar refractivity (Wildman–Crippen MR) is 360 cm³/mol. The van der Waals surface area contributed by atoms with Crippen molar-refractivity contribution in [1.82, 2.24) is 52.3 Å². The number of hydrogen-bond donors (Lipinski definition) is 13. The number of ether oxygens (including phenoxy) is 1. The fourth-order valence-corrected chi connectivity index (χ4v) is 13.5. The Morgan fingerprint density at radius 2 is 1.23 bits per heavy atom. The first-order valence-electron chi connectivity index (χ1n) is 33.1. The number of aliphatic hydroxyl groups is 1. The average Bonchev–Trinajstić information content (AvgIpc) is 1.77. The highest BCUT2D eigenvalue weighted by Crippen LogP contribution is 2.28. The summed E-state index contributed by atoms with van der Waals surface area (Å²) in [6, 6.07) is -2.53. The van der Waals surface area contributed by atoms with Crippen molar-refractivity contribution in [1.29, 1.82) is 0 Å². The molecule has 2 saturated heterocycles. The summed E-state index contributed by atoms with van der Waals surface area (Å²) in [5.74, 6) is -9.92. The lowest BCUT2D eigenvalue weighted by atomic mass is 10.0. The van der Waals surface area contributed by atoms with Gasteiger partial charge in [0.25, 0.3) is 5.91 Å². The summed E-state index contributed by atoms with van der Waals surface area (Å²) < 4.78 is 6.29. The summed E-state index contributed by atoms with van der Waals surface area (Å²) in [6.45, 7) is 7.07. The standard InChI is InChI=1S/C65H95N13O17S2/c1-37(2)27-47-60(88)69-38(3)57(85)76-55(39(4)79)65(93)78-24-12-15-52(78)63(91)73-48(31-40-16-18-43(80)19-17-40)61(89)71-46(20-21-54(82)83)59(87)74-49(56(67)84)35-96-33-41-28-42-30-44(29-41)94-25-9-5-6-10-26-95-68-32-53(81)70-45(13-7-8-22-66)58(86)75-50(36-97-34-42)64(92)77-23-11-14-51(77)62(90)72-47/h16-19,28-30,32,37-39,45-52,55,79-80H,5-15,20-27,31,33-36,66H2,1-4H3,(H2,67,84)(H,69,88)(H,70,81)(H,71,89)(H,72,90)(H,73,91)(H,74,87)(H,75,86)(H,76,85)(H,82,83)/b68-32+/t38-,39+,45-,46-,47-,48-,49-,50-,51-,52-,55-/m0/s1. The topological polar surface area (TPSA) is 451 Å². The van der Waals surface area contributed by atoms with Crippen LogP contribution in [0.1, 0.15) is 134 Å². The largest absolute Gasteiger partial charge is 0.508 e. The number of unbranched alkanes of at least 4 members (excludes halogenated alkanes) is 1. The maximum absolute atomic E-state index is 15.1. The number of carbonyl (C=O) groups is 12. The molecule has 97 heavy (non-hydrogen) atoms. The lowest BCUT2D eigenvalue weighted by molar-refractivity contribution is -0.144. The highest BCUT2D eigenvalue weighted by atomic mass is 32.2. The van der Waals surface area contributed by atoms with Gasteiger partial charge in [-0.05, 0) is 151 Å². The number of oxime groups is 1. The van der Waals surface area contributed by atoms with Crippen LogP contribution in [0.2, 0.25) is 0 Å². The van der Waals surface area contributed by atoms with Gasteiger partial charge in [-0.2, -0.15) is 23.5 Å². The molecule has 15 N–H and O–H groups in total. The monoisotopic (exact) mass is 1390 g/mol. The molecular formula is C65H95N13O17S2. The van der Waals surface area contributed by atoms with Crippen molar-refractivity contribution < 1.29 is 82.4 Å². The minimum atomic E-state index is -1.68. The smallest absolute Gasteiger partial charge is 0.303 e. The predicted octanol–water partition coefficient (Wildman–Crippen LogP) is -0.144. The van der Waals surface area contributed by atoms with Gasteiger partial charge in [-0.3, -0.25) is 57.5 Å². The first-order valence-corrected chi connectivity index (χ1v) is 35.4. The number of carboxylic acid groups (broad SMARTS) is 1. The van der Waals surface area contributed by atoms with E-state index < -0.39 is 150 Å². The summed E-state index contributed by atoms with van der Waals surface area (Å²) in [5.41, 5.74) is 13.6. The number of phenolic OH excluding ortho intramolecular Hbond substituents is 1. The SMILES string of the molecule is CC(C)C[C@@H]1NC(=O)[C@@H]2CCCN2C(=O)[C@@H]2CSCc3cc(cc(c3)OCCCCCCO/N=C/C(=O)N[C@@H](CCCCN)C(=O)N2)CSC[C@@H](C(N)=O)NC(=O)[C@H](CCC(=O)O)NC(=O)[C@H](Cc2ccc(O)cc2)NC(=O)[C@@H]2CCCN2C(=O)[C@H]([C@@H](C)O)NC(=O)[C@H](C)NC1=O.